The van der Waals surface area contributed by atoms with E-state index >= 15 is 0 Å². The van der Waals surface area contributed by atoms with E-state index in [1.54, 1.807) is 0 Å². The summed E-state index contributed by atoms with van der Waals surface area (Å²) < 4.78 is 0. The number of rotatable bonds is 2. The fourth-order valence-electron chi connectivity index (χ4n) is 1.11. The van der Waals surface area contributed by atoms with Gasteiger partial charge in [0.25, 0.3) is 0 Å². The summed E-state index contributed by atoms with van der Waals surface area (Å²) in [6, 6.07) is 7.87. The van der Waals surface area contributed by atoms with Crippen LogP contribution in [0.15, 0.2) is 18.2 Å². The molecule has 0 aliphatic heterocycles. The lowest BCUT2D eigenvalue weighted by molar-refractivity contribution is 0.729. The Morgan fingerprint density at radius 3 is 2.57 bits per heavy atom. The number of nitrogen functional groups attached to an aromatic ring is 1. The third-order valence-electron chi connectivity index (χ3n) is 2.02. The van der Waals surface area contributed by atoms with Gasteiger partial charge in [-0.15, -0.1) is 0 Å². The Bertz CT molecular complexity index is 375. The van der Waals surface area contributed by atoms with E-state index in [0.717, 1.165) is 16.9 Å². The van der Waals surface area contributed by atoms with E-state index in [4.69, 9.17) is 11.0 Å². The smallest absolute Gasteiger partial charge is 0.119 e. The number of anilines is 2. The normalized spacial score (nSPS) is 10.7. The molecule has 3 heteroatoms. The maximum Gasteiger partial charge on any atom is 0.119 e. The van der Waals surface area contributed by atoms with Gasteiger partial charge in [-0.25, -0.2) is 0 Å². The third-order valence-corrected chi connectivity index (χ3v) is 2.02. The summed E-state index contributed by atoms with van der Waals surface area (Å²) in [5.74, 6) is 0. The van der Waals surface area contributed by atoms with Gasteiger partial charge in [0.15, 0.2) is 0 Å². The molecule has 0 fully saturated rings. The molecule has 0 aliphatic carbocycles. The lowest BCUT2D eigenvalue weighted by Gasteiger charge is -2.19. The van der Waals surface area contributed by atoms with Crippen molar-refractivity contribution in [1.82, 2.24) is 0 Å². The molecule has 0 unspecified atom stereocenters. The minimum atomic E-state index is -0.568. The van der Waals surface area contributed by atoms with Crippen molar-refractivity contribution in [1.29, 1.82) is 5.26 Å². The van der Waals surface area contributed by atoms with Crippen molar-refractivity contribution in [3.05, 3.63) is 23.8 Å². The largest absolute Gasteiger partial charge is 0.398 e. The van der Waals surface area contributed by atoms with E-state index in [1.807, 2.05) is 39.0 Å². The summed E-state index contributed by atoms with van der Waals surface area (Å²) in [6.07, 6.45) is 0. The molecule has 0 bridgehead atoms. The van der Waals surface area contributed by atoms with Crippen molar-refractivity contribution in [3.8, 4) is 6.07 Å². The maximum atomic E-state index is 8.84. The van der Waals surface area contributed by atoms with Crippen LogP contribution < -0.4 is 11.1 Å². The van der Waals surface area contributed by atoms with Gasteiger partial charge in [0.2, 0.25) is 0 Å². The molecule has 0 spiro atoms. The average molecular weight is 189 g/mol. The second kappa shape index (κ2) is 3.59. The number of nitrogens with one attached hydrogen (secondary N) is 1. The molecule has 1 aromatic rings. The second-order valence-electron chi connectivity index (χ2n) is 3.93. The average Bonchev–Trinajstić information content (AvgIpc) is 2.11. The zero-order valence-corrected chi connectivity index (χ0v) is 8.76. The predicted octanol–water partition coefficient (Wildman–Crippen LogP) is 2.29. The molecule has 0 aromatic heterocycles. The topological polar surface area (TPSA) is 61.8 Å². The molecule has 74 valence electrons. The molecule has 0 saturated carbocycles. The molecule has 0 aliphatic rings. The van der Waals surface area contributed by atoms with Crippen LogP contribution in [0.1, 0.15) is 19.4 Å². The number of nitrogens with two attached hydrogens (primary N) is 1. The van der Waals surface area contributed by atoms with Crippen LogP contribution in [0, 0.1) is 18.3 Å². The monoisotopic (exact) mass is 189 g/mol. The highest BCUT2D eigenvalue weighted by atomic mass is 15.0. The first-order chi connectivity index (χ1) is 6.44. The maximum absolute atomic E-state index is 8.84. The highest BCUT2D eigenvalue weighted by molar-refractivity contribution is 5.59. The number of hydrogen-bond donors (Lipinski definition) is 2. The number of nitriles is 1. The van der Waals surface area contributed by atoms with Crippen LogP contribution in [0.3, 0.4) is 0 Å². The molecule has 0 atom stereocenters. The van der Waals surface area contributed by atoms with Gasteiger partial charge >= 0.3 is 0 Å². The van der Waals surface area contributed by atoms with Crippen molar-refractivity contribution >= 4 is 11.4 Å². The van der Waals surface area contributed by atoms with E-state index < -0.39 is 5.54 Å². The lowest BCUT2D eigenvalue weighted by atomic mass is 10.1. The van der Waals surface area contributed by atoms with E-state index in [2.05, 4.69) is 11.4 Å². The second-order valence-corrected chi connectivity index (χ2v) is 3.93. The quantitative estimate of drug-likeness (QED) is 0.702. The molecule has 0 radical (unpaired) electrons. The summed E-state index contributed by atoms with van der Waals surface area (Å²) in [5, 5.41) is 11.9. The molecule has 1 rings (SSSR count). The fourth-order valence-corrected chi connectivity index (χ4v) is 1.11. The Kier molecular flexibility index (Phi) is 2.66. The summed E-state index contributed by atoms with van der Waals surface area (Å²) in [4.78, 5) is 0. The molecule has 0 heterocycles. The van der Waals surface area contributed by atoms with Crippen LogP contribution in [-0.2, 0) is 0 Å². The van der Waals surface area contributed by atoms with E-state index in [-0.39, 0.29) is 0 Å². The van der Waals surface area contributed by atoms with Gasteiger partial charge in [-0.1, -0.05) is 6.07 Å². The van der Waals surface area contributed by atoms with Crippen molar-refractivity contribution in [3.63, 3.8) is 0 Å². The lowest BCUT2D eigenvalue weighted by Crippen LogP contribution is -2.28. The molecule has 3 N–H and O–H groups in total. The van der Waals surface area contributed by atoms with Crippen molar-refractivity contribution in [2.24, 2.45) is 0 Å². The van der Waals surface area contributed by atoms with Crippen LogP contribution in [0.5, 0.6) is 0 Å². The first-order valence-corrected chi connectivity index (χ1v) is 4.50. The Morgan fingerprint density at radius 1 is 1.43 bits per heavy atom. The van der Waals surface area contributed by atoms with Crippen molar-refractivity contribution in [2.45, 2.75) is 26.3 Å². The van der Waals surface area contributed by atoms with Crippen LogP contribution in [0.2, 0.25) is 0 Å². The van der Waals surface area contributed by atoms with Gasteiger partial charge in [-0.2, -0.15) is 5.26 Å². The summed E-state index contributed by atoms with van der Waals surface area (Å²) in [6.45, 7) is 5.60. The van der Waals surface area contributed by atoms with Gasteiger partial charge in [0.1, 0.15) is 5.54 Å². The van der Waals surface area contributed by atoms with E-state index in [1.165, 1.54) is 0 Å². The SMILES string of the molecule is Cc1ccc(NC(C)(C)C#N)cc1N. The van der Waals surface area contributed by atoms with E-state index in [9.17, 15) is 0 Å². The zero-order valence-electron chi connectivity index (χ0n) is 8.76. The van der Waals surface area contributed by atoms with Crippen molar-refractivity contribution in [2.75, 3.05) is 11.1 Å². The number of aryl methyl sites for hydroxylation is 1. The number of nitrogens with zero attached hydrogens (tertiary/aromatic N) is 1. The van der Waals surface area contributed by atoms with Crippen molar-refractivity contribution < 1.29 is 0 Å². The standard InChI is InChI=1S/C11H15N3/c1-8-4-5-9(6-10(8)13)14-11(2,3)7-12/h4-6,14H,13H2,1-3H3. The highest BCUT2D eigenvalue weighted by Gasteiger charge is 2.15. The molecule has 0 amide bonds. The Balaban J connectivity index is 2.90. The number of hydrogen-bond acceptors (Lipinski definition) is 3. The van der Waals surface area contributed by atoms with Crippen LogP contribution in [0.4, 0.5) is 11.4 Å². The molecule has 0 saturated heterocycles. The summed E-state index contributed by atoms with van der Waals surface area (Å²) in [5.41, 5.74) is 7.85. The van der Waals surface area contributed by atoms with Gasteiger partial charge in [-0.3, -0.25) is 0 Å². The van der Waals surface area contributed by atoms with Crippen LogP contribution >= 0.6 is 0 Å². The molecule has 14 heavy (non-hydrogen) atoms. The summed E-state index contributed by atoms with van der Waals surface area (Å²) in [7, 11) is 0. The van der Waals surface area contributed by atoms with Gasteiger partial charge in [0, 0.05) is 11.4 Å². The fraction of sp³-hybridized carbons (Fsp3) is 0.364. The predicted molar refractivity (Wildman–Crippen MR) is 58.9 cm³/mol. The minimum Gasteiger partial charge on any atom is -0.398 e. The minimum absolute atomic E-state index is 0.568. The van der Waals surface area contributed by atoms with E-state index in [0.29, 0.717) is 0 Å². The van der Waals surface area contributed by atoms with Gasteiger partial charge in [0.05, 0.1) is 6.07 Å². The molecule has 1 aromatic carbocycles. The van der Waals surface area contributed by atoms with Gasteiger partial charge in [-0.05, 0) is 38.5 Å². The van der Waals surface area contributed by atoms with Crippen LogP contribution in [0.25, 0.3) is 0 Å². The highest BCUT2D eigenvalue weighted by Crippen LogP contribution is 2.20. The Morgan fingerprint density at radius 2 is 2.07 bits per heavy atom. The third kappa shape index (κ3) is 2.40. The Labute approximate surface area is 84.5 Å². The molecule has 3 nitrogen and oxygen atoms in total. The van der Waals surface area contributed by atoms with Gasteiger partial charge < -0.3 is 11.1 Å². The van der Waals surface area contributed by atoms with Crippen LogP contribution in [-0.4, -0.2) is 5.54 Å². The zero-order chi connectivity index (χ0) is 10.8. The first kappa shape index (κ1) is 10.4. The Hall–Kier alpha value is -1.69. The number of benzene rings is 1. The molecular formula is C11H15N3. The first-order valence-electron chi connectivity index (χ1n) is 4.50. The molecular weight excluding hydrogens is 174 g/mol. The summed E-state index contributed by atoms with van der Waals surface area (Å²) >= 11 is 0.